The SMILES string of the molecule is Cn1cc(-c2cccc(F)c2)c(=S)c(-c2ccc(C(F)(F)F)cc2)n1. The number of aromatic nitrogens is 2. The number of alkyl halides is 3. The number of rotatable bonds is 2. The van der Waals surface area contributed by atoms with Gasteiger partial charge in [0.15, 0.2) is 0 Å². The first kappa shape index (κ1) is 17.3. The third-order valence-corrected chi connectivity index (χ3v) is 4.07. The van der Waals surface area contributed by atoms with Crippen molar-refractivity contribution in [2.45, 2.75) is 6.18 Å². The largest absolute Gasteiger partial charge is 0.416 e. The topological polar surface area (TPSA) is 17.8 Å². The molecule has 0 atom stereocenters. The standard InChI is InChI=1S/C18H12F4N2S/c1-24-10-15(12-3-2-4-14(19)9-12)17(25)16(23-24)11-5-7-13(8-6-11)18(20,21)22/h2-10H,1H3. The van der Waals surface area contributed by atoms with Crippen molar-refractivity contribution in [3.63, 3.8) is 0 Å². The zero-order valence-corrected chi connectivity index (χ0v) is 13.8. The molecule has 0 unspecified atom stereocenters. The molecule has 0 radical (unpaired) electrons. The molecule has 3 rings (SSSR count). The summed E-state index contributed by atoms with van der Waals surface area (Å²) in [6, 6.07) is 10.6. The third-order valence-electron chi connectivity index (χ3n) is 3.65. The summed E-state index contributed by atoms with van der Waals surface area (Å²) in [6.45, 7) is 0. The van der Waals surface area contributed by atoms with Gasteiger partial charge < -0.3 is 0 Å². The second-order valence-corrected chi connectivity index (χ2v) is 5.89. The van der Waals surface area contributed by atoms with E-state index in [1.54, 1.807) is 25.4 Å². The molecule has 25 heavy (non-hydrogen) atoms. The van der Waals surface area contributed by atoms with E-state index < -0.39 is 17.6 Å². The van der Waals surface area contributed by atoms with Crippen molar-refractivity contribution in [3.05, 3.63) is 70.6 Å². The van der Waals surface area contributed by atoms with Gasteiger partial charge in [0.25, 0.3) is 0 Å². The van der Waals surface area contributed by atoms with Gasteiger partial charge in [-0.15, -0.1) is 0 Å². The molecule has 0 saturated heterocycles. The highest BCUT2D eigenvalue weighted by Crippen LogP contribution is 2.32. The molecule has 0 spiro atoms. The van der Waals surface area contributed by atoms with Crippen molar-refractivity contribution in [2.24, 2.45) is 7.05 Å². The minimum Gasteiger partial charge on any atom is -0.275 e. The molecule has 0 aliphatic carbocycles. The smallest absolute Gasteiger partial charge is 0.275 e. The van der Waals surface area contributed by atoms with Crippen molar-refractivity contribution < 1.29 is 17.6 Å². The molecular formula is C18H12F4N2S. The summed E-state index contributed by atoms with van der Waals surface area (Å²) in [5.41, 5.74) is 1.26. The lowest BCUT2D eigenvalue weighted by atomic mass is 10.0. The Labute approximate surface area is 146 Å². The average Bonchev–Trinajstić information content (AvgIpc) is 2.56. The molecule has 1 heterocycles. The molecule has 0 aliphatic rings. The number of hydrogen-bond acceptors (Lipinski definition) is 2. The van der Waals surface area contributed by atoms with Crippen LogP contribution in [0.2, 0.25) is 0 Å². The van der Waals surface area contributed by atoms with Crippen LogP contribution < -0.4 is 0 Å². The first-order valence-electron chi connectivity index (χ1n) is 7.27. The highest BCUT2D eigenvalue weighted by Gasteiger charge is 2.30. The molecule has 7 heteroatoms. The van der Waals surface area contributed by atoms with E-state index in [-0.39, 0.29) is 0 Å². The van der Waals surface area contributed by atoms with Gasteiger partial charge in [-0.05, 0) is 29.8 Å². The molecule has 0 amide bonds. The average molecular weight is 364 g/mol. The second-order valence-electron chi connectivity index (χ2n) is 5.48. The normalized spacial score (nSPS) is 11.6. The predicted molar refractivity (Wildman–Crippen MR) is 89.9 cm³/mol. The molecule has 2 nitrogen and oxygen atoms in total. The Kier molecular flexibility index (Phi) is 4.43. The van der Waals surface area contributed by atoms with Gasteiger partial charge in [0, 0.05) is 24.4 Å². The van der Waals surface area contributed by atoms with Gasteiger partial charge in [-0.2, -0.15) is 18.3 Å². The van der Waals surface area contributed by atoms with Crippen molar-refractivity contribution in [1.29, 1.82) is 0 Å². The van der Waals surface area contributed by atoms with Crippen LogP contribution in [0.3, 0.4) is 0 Å². The summed E-state index contributed by atoms with van der Waals surface area (Å²) < 4.78 is 53.5. The Morgan fingerprint density at radius 3 is 2.28 bits per heavy atom. The quantitative estimate of drug-likeness (QED) is 0.432. The first-order chi connectivity index (χ1) is 11.8. The second kappa shape index (κ2) is 6.40. The minimum atomic E-state index is -4.41. The molecule has 0 fully saturated rings. The minimum absolute atomic E-state index is 0.350. The van der Waals surface area contributed by atoms with Crippen LogP contribution >= 0.6 is 12.2 Å². The van der Waals surface area contributed by atoms with Crippen molar-refractivity contribution >= 4 is 12.2 Å². The number of nitrogens with zero attached hydrogens (tertiary/aromatic N) is 2. The van der Waals surface area contributed by atoms with E-state index in [1.165, 1.54) is 28.9 Å². The highest BCUT2D eigenvalue weighted by molar-refractivity contribution is 7.71. The Hall–Kier alpha value is -2.54. The molecule has 0 N–H and O–H groups in total. The summed E-state index contributed by atoms with van der Waals surface area (Å²) in [7, 11) is 1.67. The fourth-order valence-electron chi connectivity index (χ4n) is 2.47. The summed E-state index contributed by atoms with van der Waals surface area (Å²) in [5.74, 6) is -0.401. The van der Waals surface area contributed by atoms with Gasteiger partial charge >= 0.3 is 6.18 Å². The summed E-state index contributed by atoms with van der Waals surface area (Å²) >= 11 is 5.44. The lowest BCUT2D eigenvalue weighted by Crippen LogP contribution is -2.05. The maximum Gasteiger partial charge on any atom is 0.416 e. The molecule has 0 aliphatic heterocycles. The summed E-state index contributed by atoms with van der Waals surface area (Å²) in [6.07, 6.45) is -2.75. The molecule has 0 bridgehead atoms. The molecule has 3 aromatic rings. The van der Waals surface area contributed by atoms with Gasteiger partial charge in [-0.3, -0.25) is 4.68 Å². The van der Waals surface area contributed by atoms with E-state index in [0.717, 1.165) is 12.1 Å². The van der Waals surface area contributed by atoms with Gasteiger partial charge in [0.1, 0.15) is 11.5 Å². The maximum atomic E-state index is 13.5. The Morgan fingerprint density at radius 2 is 1.68 bits per heavy atom. The molecule has 128 valence electrons. The highest BCUT2D eigenvalue weighted by atomic mass is 32.1. The van der Waals surface area contributed by atoms with Crippen LogP contribution in [-0.4, -0.2) is 9.78 Å². The van der Waals surface area contributed by atoms with Crippen LogP contribution in [0.1, 0.15) is 5.56 Å². The number of halogens is 4. The fourth-order valence-corrected chi connectivity index (χ4v) is 2.80. The van der Waals surface area contributed by atoms with E-state index in [2.05, 4.69) is 5.10 Å². The number of benzene rings is 2. The van der Waals surface area contributed by atoms with Gasteiger partial charge in [-0.25, -0.2) is 4.39 Å². The van der Waals surface area contributed by atoms with Crippen molar-refractivity contribution in [2.75, 3.05) is 0 Å². The van der Waals surface area contributed by atoms with Crippen LogP contribution in [0, 0.1) is 10.3 Å². The van der Waals surface area contributed by atoms with E-state index in [1.807, 2.05) is 0 Å². The van der Waals surface area contributed by atoms with Crippen molar-refractivity contribution in [1.82, 2.24) is 9.78 Å². The van der Waals surface area contributed by atoms with Gasteiger partial charge in [0.2, 0.25) is 0 Å². The lowest BCUT2D eigenvalue weighted by molar-refractivity contribution is -0.137. The van der Waals surface area contributed by atoms with E-state index in [9.17, 15) is 17.6 Å². The molecular weight excluding hydrogens is 352 g/mol. The first-order valence-corrected chi connectivity index (χ1v) is 7.68. The number of hydrogen-bond donors (Lipinski definition) is 0. The van der Waals surface area contributed by atoms with Gasteiger partial charge in [0.05, 0.1) is 10.1 Å². The van der Waals surface area contributed by atoms with Crippen molar-refractivity contribution in [3.8, 4) is 22.4 Å². The van der Waals surface area contributed by atoms with E-state index in [0.29, 0.717) is 26.9 Å². The Morgan fingerprint density at radius 1 is 1.00 bits per heavy atom. The van der Waals surface area contributed by atoms with E-state index in [4.69, 9.17) is 12.2 Å². The maximum absolute atomic E-state index is 13.5. The predicted octanol–water partition coefficient (Wildman–Crippen LogP) is 5.64. The van der Waals surface area contributed by atoms with Crippen LogP contribution in [0.4, 0.5) is 17.6 Å². The Balaban J connectivity index is 2.13. The molecule has 0 saturated carbocycles. The zero-order chi connectivity index (χ0) is 18.2. The summed E-state index contributed by atoms with van der Waals surface area (Å²) in [4.78, 5) is 0. The Bertz CT molecular complexity index is 976. The van der Waals surface area contributed by atoms with Crippen LogP contribution in [0.15, 0.2) is 54.7 Å². The summed E-state index contributed by atoms with van der Waals surface area (Å²) in [5, 5.41) is 4.28. The van der Waals surface area contributed by atoms with E-state index >= 15 is 0 Å². The third kappa shape index (κ3) is 3.61. The molecule has 1 aromatic heterocycles. The molecule has 2 aromatic carbocycles. The fraction of sp³-hybridized carbons (Fsp3) is 0.111. The zero-order valence-electron chi connectivity index (χ0n) is 13.0. The lowest BCUT2D eigenvalue weighted by Gasteiger charge is -2.11. The monoisotopic (exact) mass is 364 g/mol. The van der Waals surface area contributed by atoms with Gasteiger partial charge in [-0.1, -0.05) is 36.5 Å². The van der Waals surface area contributed by atoms with Crippen LogP contribution in [-0.2, 0) is 13.2 Å². The number of aryl methyl sites for hydroxylation is 1. The van der Waals surface area contributed by atoms with Crippen LogP contribution in [0.5, 0.6) is 0 Å². The van der Waals surface area contributed by atoms with Crippen LogP contribution in [0.25, 0.3) is 22.4 Å².